The topological polar surface area (TPSA) is 64.9 Å². The number of hydrogen-bond acceptors (Lipinski definition) is 4. The zero-order valence-corrected chi connectivity index (χ0v) is 10.2. The number of rotatable bonds is 2. The van der Waals surface area contributed by atoms with Crippen molar-refractivity contribution in [1.82, 2.24) is 10.1 Å². The Hall–Kier alpha value is -2.76. The van der Waals surface area contributed by atoms with Gasteiger partial charge in [0.25, 0.3) is 5.89 Å². The van der Waals surface area contributed by atoms with Crippen LogP contribution in [0.1, 0.15) is 0 Å². The van der Waals surface area contributed by atoms with E-state index in [1.165, 1.54) is 30.3 Å². The van der Waals surface area contributed by atoms with Gasteiger partial charge in [-0.3, -0.25) is 0 Å². The van der Waals surface area contributed by atoms with E-state index in [9.17, 15) is 8.78 Å². The molecule has 4 nitrogen and oxygen atoms in total. The standard InChI is InChI=1S/C14H9F2N3O/c15-10-4-1-8(2-5-10)13-18-14(20-19-13)9-3-6-11(16)12(17)7-9/h1-7H,17H2. The van der Waals surface area contributed by atoms with Crippen LogP contribution in [0.25, 0.3) is 22.8 Å². The second kappa shape index (κ2) is 4.73. The predicted molar refractivity (Wildman–Crippen MR) is 69.5 cm³/mol. The van der Waals surface area contributed by atoms with Crippen LogP contribution < -0.4 is 5.73 Å². The Morgan fingerprint density at radius 1 is 0.950 bits per heavy atom. The minimum Gasteiger partial charge on any atom is -0.396 e. The quantitative estimate of drug-likeness (QED) is 0.728. The Morgan fingerprint density at radius 3 is 2.35 bits per heavy atom. The van der Waals surface area contributed by atoms with E-state index in [2.05, 4.69) is 10.1 Å². The van der Waals surface area contributed by atoms with Crippen molar-refractivity contribution in [2.45, 2.75) is 0 Å². The molecule has 0 spiro atoms. The number of nitrogen functional groups attached to an aromatic ring is 1. The first kappa shape index (κ1) is 12.3. The lowest BCUT2D eigenvalue weighted by Gasteiger charge is -1.97. The van der Waals surface area contributed by atoms with E-state index in [0.29, 0.717) is 17.0 Å². The van der Waals surface area contributed by atoms with Gasteiger partial charge in [0.2, 0.25) is 5.82 Å². The minimum atomic E-state index is -0.507. The third-order valence-electron chi connectivity index (χ3n) is 2.77. The second-order valence-electron chi connectivity index (χ2n) is 4.17. The van der Waals surface area contributed by atoms with E-state index in [1.807, 2.05) is 0 Å². The summed E-state index contributed by atoms with van der Waals surface area (Å²) in [4.78, 5) is 4.17. The van der Waals surface area contributed by atoms with Crippen LogP contribution in [0.2, 0.25) is 0 Å². The van der Waals surface area contributed by atoms with Gasteiger partial charge in [-0.2, -0.15) is 4.98 Å². The highest BCUT2D eigenvalue weighted by Crippen LogP contribution is 2.24. The first-order chi connectivity index (χ1) is 9.63. The van der Waals surface area contributed by atoms with Gasteiger partial charge >= 0.3 is 0 Å². The fraction of sp³-hybridized carbons (Fsp3) is 0. The molecule has 0 atom stereocenters. The van der Waals surface area contributed by atoms with Gasteiger partial charge in [0.1, 0.15) is 11.6 Å². The molecule has 0 saturated carbocycles. The molecule has 0 bridgehead atoms. The normalized spacial score (nSPS) is 10.7. The molecule has 0 unspecified atom stereocenters. The highest BCUT2D eigenvalue weighted by atomic mass is 19.1. The number of halogens is 2. The van der Waals surface area contributed by atoms with E-state index in [-0.39, 0.29) is 17.4 Å². The van der Waals surface area contributed by atoms with Crippen molar-refractivity contribution in [3.05, 3.63) is 54.1 Å². The van der Waals surface area contributed by atoms with Crippen LogP contribution in [0.15, 0.2) is 47.0 Å². The molecular weight excluding hydrogens is 264 g/mol. The number of aromatic nitrogens is 2. The van der Waals surface area contributed by atoms with Gasteiger partial charge in [-0.25, -0.2) is 8.78 Å². The fourth-order valence-corrected chi connectivity index (χ4v) is 1.73. The van der Waals surface area contributed by atoms with Crippen molar-refractivity contribution in [3.8, 4) is 22.8 Å². The Morgan fingerprint density at radius 2 is 1.65 bits per heavy atom. The molecule has 3 aromatic rings. The van der Waals surface area contributed by atoms with Crippen LogP contribution >= 0.6 is 0 Å². The lowest BCUT2D eigenvalue weighted by molar-refractivity contribution is 0.432. The lowest BCUT2D eigenvalue weighted by atomic mass is 10.2. The summed E-state index contributed by atoms with van der Waals surface area (Å²) in [5.41, 5.74) is 6.63. The molecule has 1 aromatic heterocycles. The summed E-state index contributed by atoms with van der Waals surface area (Å²) in [7, 11) is 0. The predicted octanol–water partition coefficient (Wildman–Crippen LogP) is 3.26. The van der Waals surface area contributed by atoms with Crippen LogP contribution in [0, 0.1) is 11.6 Å². The summed E-state index contributed by atoms with van der Waals surface area (Å²) in [5, 5.41) is 3.80. The monoisotopic (exact) mass is 273 g/mol. The maximum Gasteiger partial charge on any atom is 0.258 e. The molecule has 2 N–H and O–H groups in total. The average molecular weight is 273 g/mol. The Kier molecular flexibility index (Phi) is 2.90. The molecule has 0 aliphatic carbocycles. The third kappa shape index (κ3) is 2.23. The van der Waals surface area contributed by atoms with Crippen LogP contribution in [0.3, 0.4) is 0 Å². The SMILES string of the molecule is Nc1cc(-c2nc(-c3ccc(F)cc3)no2)ccc1F. The van der Waals surface area contributed by atoms with Crippen molar-refractivity contribution in [3.63, 3.8) is 0 Å². The zero-order valence-electron chi connectivity index (χ0n) is 10.2. The molecule has 0 aliphatic heterocycles. The molecule has 3 rings (SSSR count). The van der Waals surface area contributed by atoms with Gasteiger partial charge in [0, 0.05) is 11.1 Å². The highest BCUT2D eigenvalue weighted by Gasteiger charge is 2.12. The fourth-order valence-electron chi connectivity index (χ4n) is 1.73. The lowest BCUT2D eigenvalue weighted by Crippen LogP contribution is -1.90. The van der Waals surface area contributed by atoms with Gasteiger partial charge in [0.05, 0.1) is 5.69 Å². The number of nitrogens with zero attached hydrogens (tertiary/aromatic N) is 2. The molecular formula is C14H9F2N3O. The summed E-state index contributed by atoms with van der Waals surface area (Å²) in [6, 6.07) is 9.84. The summed E-state index contributed by atoms with van der Waals surface area (Å²) >= 11 is 0. The number of hydrogen-bond donors (Lipinski definition) is 1. The van der Waals surface area contributed by atoms with Gasteiger partial charge in [-0.05, 0) is 42.5 Å². The maximum atomic E-state index is 13.1. The van der Waals surface area contributed by atoms with Gasteiger partial charge in [0.15, 0.2) is 0 Å². The van der Waals surface area contributed by atoms with Gasteiger partial charge < -0.3 is 10.3 Å². The van der Waals surface area contributed by atoms with Crippen LogP contribution in [0.5, 0.6) is 0 Å². The Balaban J connectivity index is 1.97. The first-order valence-corrected chi connectivity index (χ1v) is 5.78. The molecule has 0 aliphatic rings. The third-order valence-corrected chi connectivity index (χ3v) is 2.77. The molecule has 0 radical (unpaired) electrons. The maximum absolute atomic E-state index is 13.1. The number of benzene rings is 2. The van der Waals surface area contributed by atoms with Crippen LogP contribution in [-0.4, -0.2) is 10.1 Å². The Labute approximate surface area is 112 Å². The van der Waals surface area contributed by atoms with Crippen LogP contribution in [-0.2, 0) is 0 Å². The molecule has 0 amide bonds. The van der Waals surface area contributed by atoms with Gasteiger partial charge in [-0.1, -0.05) is 5.16 Å². The van der Waals surface area contributed by atoms with Crippen molar-refractivity contribution < 1.29 is 13.3 Å². The van der Waals surface area contributed by atoms with Crippen molar-refractivity contribution >= 4 is 5.69 Å². The first-order valence-electron chi connectivity index (χ1n) is 5.78. The van der Waals surface area contributed by atoms with E-state index >= 15 is 0 Å². The summed E-state index contributed by atoms with van der Waals surface area (Å²) < 4.78 is 31.0. The second-order valence-corrected chi connectivity index (χ2v) is 4.17. The smallest absolute Gasteiger partial charge is 0.258 e. The van der Waals surface area contributed by atoms with Crippen molar-refractivity contribution in [2.75, 3.05) is 5.73 Å². The number of nitrogens with two attached hydrogens (primary N) is 1. The van der Waals surface area contributed by atoms with Crippen molar-refractivity contribution in [2.24, 2.45) is 0 Å². The highest BCUT2D eigenvalue weighted by molar-refractivity contribution is 5.63. The minimum absolute atomic E-state index is 0.00373. The van der Waals surface area contributed by atoms with Crippen LogP contribution in [0.4, 0.5) is 14.5 Å². The molecule has 6 heteroatoms. The average Bonchev–Trinajstić information content (AvgIpc) is 2.92. The summed E-state index contributed by atoms with van der Waals surface area (Å²) in [5.74, 6) is -0.310. The largest absolute Gasteiger partial charge is 0.396 e. The Bertz CT molecular complexity index is 753. The molecule has 100 valence electrons. The summed E-state index contributed by atoms with van der Waals surface area (Å²) in [6.07, 6.45) is 0. The molecule has 1 heterocycles. The van der Waals surface area contributed by atoms with E-state index < -0.39 is 5.82 Å². The number of anilines is 1. The van der Waals surface area contributed by atoms with E-state index in [0.717, 1.165) is 0 Å². The van der Waals surface area contributed by atoms with Gasteiger partial charge in [-0.15, -0.1) is 0 Å². The van der Waals surface area contributed by atoms with E-state index in [4.69, 9.17) is 10.3 Å². The zero-order chi connectivity index (χ0) is 14.1. The van der Waals surface area contributed by atoms with Crippen molar-refractivity contribution in [1.29, 1.82) is 0 Å². The molecule has 0 fully saturated rings. The summed E-state index contributed by atoms with van der Waals surface area (Å²) in [6.45, 7) is 0. The van der Waals surface area contributed by atoms with E-state index in [1.54, 1.807) is 12.1 Å². The molecule has 20 heavy (non-hydrogen) atoms. The molecule has 2 aromatic carbocycles. The molecule has 0 saturated heterocycles.